The van der Waals surface area contributed by atoms with Gasteiger partial charge in [0.25, 0.3) is 10.0 Å². The van der Waals surface area contributed by atoms with Crippen LogP contribution < -0.4 is 10.0 Å². The lowest BCUT2D eigenvalue weighted by Crippen LogP contribution is -2.35. The monoisotopic (exact) mass is 443 g/mol. The number of benzene rings is 1. The van der Waals surface area contributed by atoms with Crippen molar-refractivity contribution in [1.29, 1.82) is 0 Å². The maximum atomic E-state index is 14.4. The summed E-state index contributed by atoms with van der Waals surface area (Å²) in [6.07, 6.45) is 0. The largest absolute Gasteiger partial charge is 0.384 e. The smallest absolute Gasteiger partial charge is 0.333 e. The summed E-state index contributed by atoms with van der Waals surface area (Å²) < 4.78 is 40.9. The van der Waals surface area contributed by atoms with Gasteiger partial charge in [-0.25, -0.2) is 18.9 Å². The van der Waals surface area contributed by atoms with Gasteiger partial charge >= 0.3 is 6.03 Å². The molecule has 0 saturated heterocycles. The van der Waals surface area contributed by atoms with E-state index in [1.165, 1.54) is 25.3 Å². The van der Waals surface area contributed by atoms with Crippen LogP contribution in [0.5, 0.6) is 0 Å². The summed E-state index contributed by atoms with van der Waals surface area (Å²) in [7, 11) is -4.25. The van der Waals surface area contributed by atoms with E-state index in [4.69, 9.17) is 0 Å². The van der Waals surface area contributed by atoms with E-state index < -0.39 is 27.5 Å². The van der Waals surface area contributed by atoms with Crippen molar-refractivity contribution in [3.05, 3.63) is 40.2 Å². The highest BCUT2D eigenvalue weighted by Gasteiger charge is 2.27. The molecule has 0 atom stereocenters. The maximum Gasteiger partial charge on any atom is 0.333 e. The first-order valence-electron chi connectivity index (χ1n) is 9.08. The predicted octanol–water partition coefficient (Wildman–Crippen LogP) is 4.27. The number of rotatable bonds is 6. The first-order valence-corrected chi connectivity index (χ1v) is 11.4. The summed E-state index contributed by atoms with van der Waals surface area (Å²) in [6, 6.07) is 1.91. The topological polar surface area (TPSA) is 108 Å². The first-order chi connectivity index (χ1) is 13.2. The number of carbonyl (C=O) groups is 1. The zero-order valence-electron chi connectivity index (χ0n) is 17.2. The zero-order chi connectivity index (χ0) is 22.1. The molecule has 0 fully saturated rings. The minimum Gasteiger partial charge on any atom is -0.384 e. The summed E-state index contributed by atoms with van der Waals surface area (Å²) in [5.74, 6) is -0.723. The van der Waals surface area contributed by atoms with Crippen molar-refractivity contribution >= 4 is 33.1 Å². The molecule has 1 heterocycles. The number of aliphatic hydroxyl groups is 1. The van der Waals surface area contributed by atoms with Crippen LogP contribution in [0.4, 0.5) is 14.9 Å². The van der Waals surface area contributed by atoms with E-state index in [1.807, 2.05) is 18.6 Å². The number of nitrogens with zero attached hydrogens (tertiary/aromatic N) is 1. The number of thiazole rings is 1. The average Bonchev–Trinajstić information content (AvgIpc) is 3.04. The van der Waals surface area contributed by atoms with Crippen LogP contribution >= 0.6 is 11.3 Å². The number of halogens is 1. The standard InChI is InChI=1S/C19H26FN3O4S2/c1-10(2)12-7-8-13(20)15(11(3)4)16(12)22-17(24)23-29(26,27)18-21-14(9-28-18)19(5,6)25/h7-11,25H,1-6H3,(H2,22,23,24). The van der Waals surface area contributed by atoms with Gasteiger partial charge in [-0.3, -0.25) is 0 Å². The summed E-state index contributed by atoms with van der Waals surface area (Å²) in [6.45, 7) is 10.3. The van der Waals surface area contributed by atoms with E-state index in [9.17, 15) is 22.7 Å². The highest BCUT2D eigenvalue weighted by atomic mass is 32.2. The molecule has 7 nitrogen and oxygen atoms in total. The van der Waals surface area contributed by atoms with Crippen LogP contribution in [0.25, 0.3) is 0 Å². The van der Waals surface area contributed by atoms with Crippen LogP contribution in [0, 0.1) is 5.82 Å². The molecule has 0 radical (unpaired) electrons. The van der Waals surface area contributed by atoms with Gasteiger partial charge in [0, 0.05) is 10.9 Å². The lowest BCUT2D eigenvalue weighted by atomic mass is 9.92. The normalized spacial score (nSPS) is 12.5. The van der Waals surface area contributed by atoms with Crippen molar-refractivity contribution in [3.63, 3.8) is 0 Å². The summed E-state index contributed by atoms with van der Waals surface area (Å²) >= 11 is 0.789. The molecular formula is C19H26FN3O4S2. The van der Waals surface area contributed by atoms with Crippen LogP contribution in [0.2, 0.25) is 0 Å². The van der Waals surface area contributed by atoms with Crippen molar-refractivity contribution < 1.29 is 22.7 Å². The minimum absolute atomic E-state index is 0.0201. The van der Waals surface area contributed by atoms with Crippen molar-refractivity contribution in [1.82, 2.24) is 9.71 Å². The molecule has 29 heavy (non-hydrogen) atoms. The molecule has 0 aliphatic heterocycles. The van der Waals surface area contributed by atoms with Gasteiger partial charge in [0.1, 0.15) is 11.4 Å². The van der Waals surface area contributed by atoms with E-state index in [0.29, 0.717) is 11.1 Å². The Balaban J connectivity index is 2.33. The second-order valence-electron chi connectivity index (χ2n) is 7.85. The van der Waals surface area contributed by atoms with Gasteiger partial charge in [-0.05, 0) is 37.3 Å². The molecule has 1 aromatic carbocycles. The molecule has 0 saturated carbocycles. The van der Waals surface area contributed by atoms with Gasteiger partial charge in [-0.1, -0.05) is 33.8 Å². The van der Waals surface area contributed by atoms with Crippen LogP contribution in [-0.4, -0.2) is 24.5 Å². The Morgan fingerprint density at radius 1 is 1.21 bits per heavy atom. The number of amides is 2. The van der Waals surface area contributed by atoms with Crippen molar-refractivity contribution in [3.8, 4) is 0 Å². The number of nitrogens with one attached hydrogen (secondary N) is 2. The summed E-state index contributed by atoms with van der Waals surface area (Å²) in [5, 5.41) is 13.9. The van der Waals surface area contributed by atoms with E-state index in [0.717, 1.165) is 11.3 Å². The fraction of sp³-hybridized carbons (Fsp3) is 0.474. The second kappa shape index (κ2) is 8.37. The number of sulfonamides is 1. The molecule has 2 aromatic rings. The lowest BCUT2D eigenvalue weighted by molar-refractivity contribution is 0.0741. The molecule has 1 aromatic heterocycles. The molecule has 2 amide bonds. The van der Waals surface area contributed by atoms with E-state index in [1.54, 1.807) is 19.9 Å². The summed E-state index contributed by atoms with van der Waals surface area (Å²) in [5.41, 5.74) is 0.132. The SMILES string of the molecule is CC(C)c1ccc(F)c(C(C)C)c1NC(=O)NS(=O)(=O)c1nc(C(C)(C)O)cs1. The minimum atomic E-state index is -4.25. The lowest BCUT2D eigenvalue weighted by Gasteiger charge is -2.21. The van der Waals surface area contributed by atoms with Gasteiger partial charge < -0.3 is 10.4 Å². The fourth-order valence-corrected chi connectivity index (χ4v) is 4.84. The third-order valence-corrected chi connectivity index (χ3v) is 6.82. The van der Waals surface area contributed by atoms with Crippen molar-refractivity contribution in [2.24, 2.45) is 0 Å². The summed E-state index contributed by atoms with van der Waals surface area (Å²) in [4.78, 5) is 16.4. The number of aromatic nitrogens is 1. The molecular weight excluding hydrogens is 417 g/mol. The van der Waals surface area contributed by atoms with Gasteiger partial charge in [0.15, 0.2) is 0 Å². The van der Waals surface area contributed by atoms with Gasteiger partial charge in [0.05, 0.1) is 11.4 Å². The van der Waals surface area contributed by atoms with Crippen molar-refractivity contribution in [2.45, 2.75) is 63.3 Å². The number of carbonyl (C=O) groups excluding carboxylic acids is 1. The Kier molecular flexibility index (Phi) is 6.71. The van der Waals surface area contributed by atoms with Gasteiger partial charge in [0.2, 0.25) is 4.34 Å². The van der Waals surface area contributed by atoms with Crippen molar-refractivity contribution in [2.75, 3.05) is 5.32 Å². The highest BCUT2D eigenvalue weighted by Crippen LogP contribution is 2.34. The van der Waals surface area contributed by atoms with E-state index in [-0.39, 0.29) is 27.6 Å². The molecule has 0 spiro atoms. The number of urea groups is 1. The average molecular weight is 444 g/mol. The second-order valence-corrected chi connectivity index (χ2v) is 10.6. The molecule has 0 bridgehead atoms. The third kappa shape index (κ3) is 5.31. The zero-order valence-corrected chi connectivity index (χ0v) is 18.8. The molecule has 3 N–H and O–H groups in total. The Morgan fingerprint density at radius 2 is 1.83 bits per heavy atom. The Labute approximate surface area is 174 Å². The van der Waals surface area contributed by atoms with E-state index in [2.05, 4.69) is 10.3 Å². The first kappa shape index (κ1) is 23.2. The number of hydrogen-bond donors (Lipinski definition) is 3. The molecule has 2 rings (SSSR count). The van der Waals surface area contributed by atoms with Crippen LogP contribution in [0.1, 0.15) is 70.2 Å². The molecule has 10 heteroatoms. The number of hydrogen-bond acceptors (Lipinski definition) is 6. The van der Waals surface area contributed by atoms with Crippen LogP contribution in [0.15, 0.2) is 21.9 Å². The van der Waals surface area contributed by atoms with Crippen LogP contribution in [-0.2, 0) is 15.6 Å². The van der Waals surface area contributed by atoms with Gasteiger partial charge in [-0.2, -0.15) is 8.42 Å². The molecule has 160 valence electrons. The highest BCUT2D eigenvalue weighted by molar-refractivity contribution is 7.92. The molecule has 0 aliphatic rings. The maximum absolute atomic E-state index is 14.4. The predicted molar refractivity (Wildman–Crippen MR) is 111 cm³/mol. The quantitative estimate of drug-likeness (QED) is 0.618. The molecule has 0 aliphatic carbocycles. The van der Waals surface area contributed by atoms with Gasteiger partial charge in [-0.15, -0.1) is 11.3 Å². The number of anilines is 1. The fourth-order valence-electron chi connectivity index (χ4n) is 2.76. The third-order valence-electron chi connectivity index (χ3n) is 4.23. The Bertz CT molecular complexity index is 1010. The Hall–Kier alpha value is -2.04. The van der Waals surface area contributed by atoms with Crippen LogP contribution in [0.3, 0.4) is 0 Å². The molecule has 0 unspecified atom stereocenters. The van der Waals surface area contributed by atoms with E-state index >= 15 is 0 Å². The Morgan fingerprint density at radius 3 is 2.31 bits per heavy atom.